The average Bonchev–Trinajstić information content (AvgIpc) is 3.30. The predicted molar refractivity (Wildman–Crippen MR) is 134 cm³/mol. The predicted octanol–water partition coefficient (Wildman–Crippen LogP) is 4.94. The smallest absolute Gasteiger partial charge is 0.261 e. The first-order valence-corrected chi connectivity index (χ1v) is 12.1. The van der Waals surface area contributed by atoms with Crippen molar-refractivity contribution in [2.75, 3.05) is 10.0 Å². The van der Waals surface area contributed by atoms with Gasteiger partial charge < -0.3 is 5.32 Å². The maximum absolute atomic E-state index is 12.8. The van der Waals surface area contributed by atoms with Gasteiger partial charge in [-0.1, -0.05) is 36.4 Å². The fourth-order valence-corrected chi connectivity index (χ4v) is 4.59. The third-order valence-electron chi connectivity index (χ3n) is 5.20. The molecule has 1 amide bonds. The van der Waals surface area contributed by atoms with Crippen LogP contribution < -0.4 is 10.0 Å². The Morgan fingerprint density at radius 1 is 0.912 bits per heavy atom. The molecule has 8 heteroatoms. The number of benzene rings is 3. The van der Waals surface area contributed by atoms with Gasteiger partial charge in [0, 0.05) is 23.5 Å². The monoisotopic (exact) mass is 472 g/mol. The number of carbonyl (C=O) groups excluding carboxylic acids is 1. The molecule has 0 saturated carbocycles. The molecular weight excluding hydrogens is 448 g/mol. The van der Waals surface area contributed by atoms with Gasteiger partial charge in [0.2, 0.25) is 5.91 Å². The van der Waals surface area contributed by atoms with E-state index in [1.165, 1.54) is 18.2 Å². The van der Waals surface area contributed by atoms with E-state index in [0.717, 1.165) is 22.4 Å². The average molecular weight is 473 g/mol. The molecular formula is C26H24N4O3S. The lowest BCUT2D eigenvalue weighted by Gasteiger charge is -2.13. The maximum atomic E-state index is 12.8. The summed E-state index contributed by atoms with van der Waals surface area (Å²) in [4.78, 5) is 12.4. The van der Waals surface area contributed by atoms with Gasteiger partial charge in [0.25, 0.3) is 10.0 Å². The van der Waals surface area contributed by atoms with Crippen molar-refractivity contribution >= 4 is 33.4 Å². The van der Waals surface area contributed by atoms with Gasteiger partial charge in [-0.2, -0.15) is 5.10 Å². The second-order valence-corrected chi connectivity index (χ2v) is 9.46. The van der Waals surface area contributed by atoms with Gasteiger partial charge in [-0.05, 0) is 67.4 Å². The normalized spacial score (nSPS) is 11.5. The lowest BCUT2D eigenvalue weighted by Crippen LogP contribution is -2.15. The van der Waals surface area contributed by atoms with Crippen molar-refractivity contribution < 1.29 is 13.2 Å². The minimum atomic E-state index is -3.76. The molecule has 0 atom stereocenters. The van der Waals surface area contributed by atoms with Crippen molar-refractivity contribution in [3.05, 3.63) is 108 Å². The summed E-state index contributed by atoms with van der Waals surface area (Å²) in [5.74, 6) is -0.336. The minimum absolute atomic E-state index is 0.108. The van der Waals surface area contributed by atoms with E-state index in [-0.39, 0.29) is 10.8 Å². The number of amides is 1. The number of anilines is 2. The summed E-state index contributed by atoms with van der Waals surface area (Å²) in [7, 11) is -3.76. The number of nitrogens with zero attached hydrogens (tertiary/aromatic N) is 2. The third-order valence-corrected chi connectivity index (χ3v) is 6.57. The van der Waals surface area contributed by atoms with Crippen LogP contribution in [0.15, 0.2) is 96.2 Å². The molecule has 2 N–H and O–H groups in total. The molecule has 0 aliphatic rings. The molecule has 0 saturated heterocycles. The molecule has 0 aliphatic heterocycles. The highest BCUT2D eigenvalue weighted by Gasteiger charge is 2.16. The van der Waals surface area contributed by atoms with Gasteiger partial charge in [0.1, 0.15) is 0 Å². The van der Waals surface area contributed by atoms with Crippen LogP contribution in [0.5, 0.6) is 0 Å². The molecule has 4 aromatic rings. The van der Waals surface area contributed by atoms with Gasteiger partial charge in [-0.3, -0.25) is 9.52 Å². The Balaban J connectivity index is 1.39. The fourth-order valence-electron chi connectivity index (χ4n) is 3.39. The topological polar surface area (TPSA) is 93.1 Å². The van der Waals surface area contributed by atoms with E-state index in [0.29, 0.717) is 11.4 Å². The lowest BCUT2D eigenvalue weighted by atomic mass is 10.1. The van der Waals surface area contributed by atoms with Gasteiger partial charge in [0.15, 0.2) is 0 Å². The number of nitrogens with one attached hydrogen (secondary N) is 2. The summed E-state index contributed by atoms with van der Waals surface area (Å²) < 4.78 is 29.9. The highest BCUT2D eigenvalue weighted by atomic mass is 32.2. The number of rotatable bonds is 7. The van der Waals surface area contributed by atoms with Crippen molar-refractivity contribution in [2.24, 2.45) is 0 Å². The Bertz CT molecular complexity index is 1420. The Morgan fingerprint density at radius 3 is 2.26 bits per heavy atom. The molecule has 34 heavy (non-hydrogen) atoms. The number of aryl methyl sites for hydroxylation is 2. The van der Waals surface area contributed by atoms with Gasteiger partial charge in [-0.25, -0.2) is 13.1 Å². The Morgan fingerprint density at radius 2 is 1.59 bits per heavy atom. The van der Waals surface area contributed by atoms with Crippen molar-refractivity contribution in [2.45, 2.75) is 18.7 Å². The molecule has 1 aromatic heterocycles. The second-order valence-electron chi connectivity index (χ2n) is 7.77. The van der Waals surface area contributed by atoms with E-state index in [4.69, 9.17) is 0 Å². The Hall–Kier alpha value is -4.17. The summed E-state index contributed by atoms with van der Waals surface area (Å²) in [6.07, 6.45) is 6.55. The summed E-state index contributed by atoms with van der Waals surface area (Å²) in [6.45, 7) is 3.70. The molecule has 7 nitrogen and oxygen atoms in total. The second kappa shape index (κ2) is 9.76. The Kier molecular flexibility index (Phi) is 6.60. The number of aromatic nitrogens is 2. The van der Waals surface area contributed by atoms with Crippen LogP contribution in [0.25, 0.3) is 11.8 Å². The van der Waals surface area contributed by atoms with Crippen LogP contribution in [0, 0.1) is 13.8 Å². The minimum Gasteiger partial charge on any atom is -0.323 e. The van der Waals surface area contributed by atoms with E-state index in [9.17, 15) is 13.2 Å². The third kappa shape index (κ3) is 5.41. The SMILES string of the molecule is Cc1cccc(C)c1NS(=O)(=O)c1ccc(NC(=O)/C=C/c2cnn(-c3ccccc3)c2)cc1. The van der Waals surface area contributed by atoms with E-state index in [1.54, 1.807) is 29.1 Å². The number of hydrogen-bond acceptors (Lipinski definition) is 4. The van der Waals surface area contributed by atoms with Crippen LogP contribution in [-0.2, 0) is 14.8 Å². The van der Waals surface area contributed by atoms with Crippen molar-refractivity contribution in [3.8, 4) is 5.69 Å². The Labute approximate surface area is 198 Å². The van der Waals surface area contributed by atoms with Crippen molar-refractivity contribution in [3.63, 3.8) is 0 Å². The van der Waals surface area contributed by atoms with Crippen LogP contribution >= 0.6 is 0 Å². The summed E-state index contributed by atoms with van der Waals surface area (Å²) in [5.41, 5.74) is 4.44. The molecule has 1 heterocycles. The quantitative estimate of drug-likeness (QED) is 0.373. The van der Waals surface area contributed by atoms with Crippen LogP contribution in [0.4, 0.5) is 11.4 Å². The summed E-state index contributed by atoms with van der Waals surface area (Å²) in [5, 5.41) is 7.02. The molecule has 0 aliphatic carbocycles. The number of hydrogen-bond donors (Lipinski definition) is 2. The van der Waals surface area contributed by atoms with Crippen LogP contribution in [0.1, 0.15) is 16.7 Å². The first kappa shape index (κ1) is 23.0. The van der Waals surface area contributed by atoms with Gasteiger partial charge in [-0.15, -0.1) is 0 Å². The summed E-state index contributed by atoms with van der Waals surface area (Å²) in [6, 6.07) is 21.3. The fraction of sp³-hybridized carbons (Fsp3) is 0.0769. The van der Waals surface area contributed by atoms with E-state index in [2.05, 4.69) is 15.1 Å². The zero-order chi connectivity index (χ0) is 24.1. The van der Waals surface area contributed by atoms with Crippen LogP contribution in [0.2, 0.25) is 0 Å². The highest BCUT2D eigenvalue weighted by Crippen LogP contribution is 2.24. The van der Waals surface area contributed by atoms with Crippen LogP contribution in [0.3, 0.4) is 0 Å². The highest BCUT2D eigenvalue weighted by molar-refractivity contribution is 7.92. The molecule has 0 radical (unpaired) electrons. The van der Waals surface area contributed by atoms with Crippen LogP contribution in [-0.4, -0.2) is 24.1 Å². The zero-order valence-corrected chi connectivity index (χ0v) is 19.6. The first-order valence-electron chi connectivity index (χ1n) is 10.6. The number of para-hydroxylation sites is 2. The first-order chi connectivity index (χ1) is 16.3. The van der Waals surface area contributed by atoms with E-state index in [1.807, 2.05) is 68.6 Å². The number of carbonyl (C=O) groups is 1. The van der Waals surface area contributed by atoms with E-state index < -0.39 is 10.0 Å². The molecule has 0 spiro atoms. The molecule has 4 rings (SSSR count). The molecule has 3 aromatic carbocycles. The molecule has 0 fully saturated rings. The maximum Gasteiger partial charge on any atom is 0.261 e. The molecule has 0 bridgehead atoms. The van der Waals surface area contributed by atoms with Crippen molar-refractivity contribution in [1.82, 2.24) is 9.78 Å². The van der Waals surface area contributed by atoms with Gasteiger partial charge in [0.05, 0.1) is 22.5 Å². The van der Waals surface area contributed by atoms with Gasteiger partial charge >= 0.3 is 0 Å². The number of sulfonamides is 1. The standard InChI is InChI=1S/C26H24N4O3S/c1-19-7-6-8-20(2)26(19)29-34(32,33)24-14-12-22(13-15-24)28-25(31)16-11-21-17-27-30(18-21)23-9-4-3-5-10-23/h3-18,29H,1-2H3,(H,28,31)/b16-11+. The molecule has 172 valence electrons. The zero-order valence-electron chi connectivity index (χ0n) is 18.8. The van der Waals surface area contributed by atoms with Crippen molar-refractivity contribution in [1.29, 1.82) is 0 Å². The lowest BCUT2D eigenvalue weighted by molar-refractivity contribution is -0.111. The largest absolute Gasteiger partial charge is 0.323 e. The van der Waals surface area contributed by atoms with E-state index >= 15 is 0 Å². The summed E-state index contributed by atoms with van der Waals surface area (Å²) >= 11 is 0. The molecule has 0 unspecified atom stereocenters.